The number of phosphoric ester groups is 1. The number of aliphatic hydroxyl groups is 1. The van der Waals surface area contributed by atoms with Gasteiger partial charge >= 0.3 is 25.7 Å². The van der Waals surface area contributed by atoms with Crippen molar-refractivity contribution in [3.63, 3.8) is 0 Å². The largest absolute Gasteiger partial charge is 0.472 e. The second-order valence-electron chi connectivity index (χ2n) is 18.8. The third-order valence-electron chi connectivity index (χ3n) is 12.2. The number of rotatable bonds is 52. The standard InChI is InChI=1S/C54H103O11P/c1-4-7-10-13-16-19-21-23-25-27-29-32-35-38-41-44-53(57)64-50(46-55)48-62-66(59,60)63-49-51(47-61-52(56)43-40-37-34-31-18-15-12-9-6-3)65-54(58)45-42-39-36-33-30-28-26-24-22-20-17-14-11-8-5-2/h24,26,50-51,55H,4-23,25,27-49H2,1-3H3,(H,59,60)/b26-24-. The van der Waals surface area contributed by atoms with Gasteiger partial charge in [-0.15, -0.1) is 0 Å². The lowest BCUT2D eigenvalue weighted by Crippen LogP contribution is -2.30. The van der Waals surface area contributed by atoms with Gasteiger partial charge in [-0.05, 0) is 44.9 Å². The van der Waals surface area contributed by atoms with Crippen molar-refractivity contribution in [1.82, 2.24) is 0 Å². The lowest BCUT2D eigenvalue weighted by Gasteiger charge is -2.21. The molecule has 0 aliphatic heterocycles. The molecule has 2 N–H and O–H groups in total. The number of carbonyl (C=O) groups is 3. The molecular formula is C54H103O11P. The Labute approximate surface area is 405 Å². The van der Waals surface area contributed by atoms with E-state index in [1.54, 1.807) is 0 Å². The number of hydrogen-bond acceptors (Lipinski definition) is 10. The van der Waals surface area contributed by atoms with E-state index in [0.717, 1.165) is 77.0 Å². The zero-order chi connectivity index (χ0) is 48.4. The Morgan fingerprint density at radius 3 is 1.05 bits per heavy atom. The first-order valence-corrected chi connectivity index (χ1v) is 29.1. The van der Waals surface area contributed by atoms with Gasteiger partial charge in [-0.2, -0.15) is 0 Å². The van der Waals surface area contributed by atoms with Gasteiger partial charge in [0.05, 0.1) is 19.8 Å². The Hall–Kier alpha value is -1.78. The van der Waals surface area contributed by atoms with E-state index in [4.69, 9.17) is 23.3 Å². The van der Waals surface area contributed by atoms with Crippen LogP contribution in [0.1, 0.15) is 278 Å². The highest BCUT2D eigenvalue weighted by atomic mass is 31.2. The summed E-state index contributed by atoms with van der Waals surface area (Å²) in [5, 5.41) is 9.79. The van der Waals surface area contributed by atoms with Crippen molar-refractivity contribution in [1.29, 1.82) is 0 Å². The molecule has 0 radical (unpaired) electrons. The van der Waals surface area contributed by atoms with Gasteiger partial charge in [0.25, 0.3) is 0 Å². The Morgan fingerprint density at radius 2 is 0.697 bits per heavy atom. The summed E-state index contributed by atoms with van der Waals surface area (Å²) in [6.45, 7) is 4.65. The predicted octanol–water partition coefficient (Wildman–Crippen LogP) is 15.7. The van der Waals surface area contributed by atoms with Crippen LogP contribution in [0.4, 0.5) is 0 Å². The van der Waals surface area contributed by atoms with Crippen LogP contribution in [0.3, 0.4) is 0 Å². The van der Waals surface area contributed by atoms with Crippen molar-refractivity contribution in [3.8, 4) is 0 Å². The summed E-state index contributed by atoms with van der Waals surface area (Å²) in [4.78, 5) is 48.3. The maximum Gasteiger partial charge on any atom is 0.472 e. The maximum atomic E-state index is 12.8. The van der Waals surface area contributed by atoms with Gasteiger partial charge in [0.2, 0.25) is 0 Å². The second kappa shape index (κ2) is 49.6. The van der Waals surface area contributed by atoms with E-state index in [-0.39, 0.29) is 25.9 Å². The van der Waals surface area contributed by atoms with Crippen molar-refractivity contribution >= 4 is 25.7 Å². The summed E-state index contributed by atoms with van der Waals surface area (Å²) in [6.07, 6.45) is 46.1. The summed E-state index contributed by atoms with van der Waals surface area (Å²) in [5.74, 6) is -1.45. The minimum atomic E-state index is -4.73. The minimum Gasteiger partial charge on any atom is -0.462 e. The number of unbranched alkanes of at least 4 members (excludes halogenated alkanes) is 33. The molecule has 0 amide bonds. The fourth-order valence-electron chi connectivity index (χ4n) is 7.94. The lowest BCUT2D eigenvalue weighted by molar-refractivity contribution is -0.161. The van der Waals surface area contributed by atoms with E-state index < -0.39 is 57.8 Å². The number of hydrogen-bond donors (Lipinski definition) is 2. The Balaban J connectivity index is 4.63. The molecule has 0 aromatic carbocycles. The normalized spacial score (nSPS) is 13.5. The zero-order valence-corrected chi connectivity index (χ0v) is 43.8. The summed E-state index contributed by atoms with van der Waals surface area (Å²) in [6, 6.07) is 0. The number of esters is 3. The zero-order valence-electron chi connectivity index (χ0n) is 42.9. The molecule has 0 aromatic heterocycles. The first kappa shape index (κ1) is 64.2. The SMILES string of the molecule is CCCCCCCC/C=C\CCCCCCCC(=O)OC(COC(=O)CCCCCCCCCCC)COP(=O)(O)OCC(CO)OC(=O)CCCCCCCCCCCCCCCCC. The van der Waals surface area contributed by atoms with Crippen LogP contribution in [0.5, 0.6) is 0 Å². The van der Waals surface area contributed by atoms with Crippen molar-refractivity contribution < 1.29 is 52.2 Å². The first-order chi connectivity index (χ1) is 32.2. The second-order valence-corrected chi connectivity index (χ2v) is 20.2. The molecule has 0 saturated carbocycles. The van der Waals surface area contributed by atoms with Crippen LogP contribution in [0.25, 0.3) is 0 Å². The van der Waals surface area contributed by atoms with Crippen molar-refractivity contribution in [3.05, 3.63) is 12.2 Å². The van der Waals surface area contributed by atoms with E-state index in [1.807, 2.05) is 0 Å². The van der Waals surface area contributed by atoms with Gasteiger partial charge in [0, 0.05) is 19.3 Å². The molecular weight excluding hydrogens is 856 g/mol. The van der Waals surface area contributed by atoms with Gasteiger partial charge in [0.15, 0.2) is 6.10 Å². The molecule has 0 spiro atoms. The Morgan fingerprint density at radius 1 is 0.409 bits per heavy atom. The van der Waals surface area contributed by atoms with Crippen molar-refractivity contribution in [2.75, 3.05) is 26.4 Å². The monoisotopic (exact) mass is 959 g/mol. The molecule has 66 heavy (non-hydrogen) atoms. The molecule has 0 aromatic rings. The highest BCUT2D eigenvalue weighted by Gasteiger charge is 2.28. The third kappa shape index (κ3) is 47.3. The molecule has 3 unspecified atom stereocenters. The number of allylic oxidation sites excluding steroid dienone is 2. The van der Waals surface area contributed by atoms with Crippen molar-refractivity contribution in [2.45, 2.75) is 290 Å². The molecule has 3 atom stereocenters. The average Bonchev–Trinajstić information content (AvgIpc) is 3.30. The number of phosphoric acid groups is 1. The third-order valence-corrected chi connectivity index (χ3v) is 13.1. The van der Waals surface area contributed by atoms with E-state index in [9.17, 15) is 28.9 Å². The molecule has 11 nitrogen and oxygen atoms in total. The number of aliphatic hydroxyl groups excluding tert-OH is 1. The molecule has 12 heteroatoms. The maximum absolute atomic E-state index is 12.8. The molecule has 0 aliphatic carbocycles. The van der Waals surface area contributed by atoms with Crippen LogP contribution in [0, 0.1) is 0 Å². The van der Waals surface area contributed by atoms with E-state index in [1.165, 1.54) is 141 Å². The van der Waals surface area contributed by atoms with Crippen LogP contribution >= 0.6 is 7.82 Å². The fraction of sp³-hybridized carbons (Fsp3) is 0.907. The van der Waals surface area contributed by atoms with Gasteiger partial charge in [0.1, 0.15) is 12.7 Å². The molecule has 0 saturated heterocycles. The van der Waals surface area contributed by atoms with E-state index in [0.29, 0.717) is 19.3 Å². The summed E-state index contributed by atoms with van der Waals surface area (Å²) in [5.41, 5.74) is 0. The highest BCUT2D eigenvalue weighted by molar-refractivity contribution is 7.47. The van der Waals surface area contributed by atoms with Crippen LogP contribution < -0.4 is 0 Å². The summed E-state index contributed by atoms with van der Waals surface area (Å²) < 4.78 is 39.4. The molecule has 0 bridgehead atoms. The quantitative estimate of drug-likeness (QED) is 0.0197. The summed E-state index contributed by atoms with van der Waals surface area (Å²) >= 11 is 0. The minimum absolute atomic E-state index is 0.164. The predicted molar refractivity (Wildman–Crippen MR) is 270 cm³/mol. The van der Waals surface area contributed by atoms with E-state index >= 15 is 0 Å². The van der Waals surface area contributed by atoms with Crippen molar-refractivity contribution in [2.24, 2.45) is 0 Å². The van der Waals surface area contributed by atoms with E-state index in [2.05, 4.69) is 32.9 Å². The molecule has 0 rings (SSSR count). The number of carbonyl (C=O) groups excluding carboxylic acids is 3. The topological polar surface area (TPSA) is 155 Å². The van der Waals surface area contributed by atoms with Crippen LogP contribution in [-0.2, 0) is 42.2 Å². The molecule has 0 heterocycles. The Kier molecular flexibility index (Phi) is 48.3. The van der Waals surface area contributed by atoms with Crippen LogP contribution in [-0.4, -0.2) is 66.5 Å². The fourth-order valence-corrected chi connectivity index (χ4v) is 8.72. The molecule has 390 valence electrons. The lowest BCUT2D eigenvalue weighted by atomic mass is 10.0. The van der Waals surface area contributed by atoms with Gasteiger partial charge in [-0.1, -0.05) is 226 Å². The Bertz CT molecular complexity index is 1160. The number of ether oxygens (including phenoxy) is 3. The van der Waals surface area contributed by atoms with Gasteiger partial charge in [-0.3, -0.25) is 23.4 Å². The molecule has 0 aliphatic rings. The van der Waals surface area contributed by atoms with Crippen LogP contribution in [0.2, 0.25) is 0 Å². The average molecular weight is 959 g/mol. The van der Waals surface area contributed by atoms with Gasteiger partial charge < -0.3 is 24.2 Å². The highest BCUT2D eigenvalue weighted by Crippen LogP contribution is 2.43. The summed E-state index contributed by atoms with van der Waals surface area (Å²) in [7, 11) is -4.73. The smallest absolute Gasteiger partial charge is 0.462 e. The molecule has 0 fully saturated rings. The van der Waals surface area contributed by atoms with Gasteiger partial charge in [-0.25, -0.2) is 4.57 Å². The van der Waals surface area contributed by atoms with Crippen LogP contribution in [0.15, 0.2) is 12.2 Å². The first-order valence-electron chi connectivity index (χ1n) is 27.6.